The molecule has 30 heavy (non-hydrogen) atoms. The van der Waals surface area contributed by atoms with Crippen molar-refractivity contribution in [2.45, 2.75) is 5.03 Å². The van der Waals surface area contributed by atoms with E-state index < -0.39 is 0 Å². The molecule has 0 saturated heterocycles. The van der Waals surface area contributed by atoms with Crippen LogP contribution in [0.4, 0.5) is 10.1 Å². The second kappa shape index (κ2) is 8.92. The first-order valence-corrected chi connectivity index (χ1v) is 10.2. The molecule has 1 aromatic heterocycles. The Morgan fingerprint density at radius 3 is 2.67 bits per heavy atom. The number of para-hydroxylation sites is 1. The smallest absolute Gasteiger partial charge is 0.234 e. The number of amides is 1. The van der Waals surface area contributed by atoms with Gasteiger partial charge in [-0.25, -0.2) is 14.4 Å². The number of nitrogens with zero attached hydrogens (tertiary/aromatic N) is 2. The van der Waals surface area contributed by atoms with Gasteiger partial charge in [0.05, 0.1) is 18.4 Å². The standard InChI is InChI=1S/C23H18FN3O2S/c1-29-18-9-5-6-15(12-18)22-26-20-11-10-16(24)13-19(20)23(27-22)30-14-21(28)25-17-7-3-2-4-8-17/h2-13H,14H2,1H3,(H,25,28). The third-order valence-electron chi connectivity index (χ3n) is 4.35. The lowest BCUT2D eigenvalue weighted by atomic mass is 10.2. The summed E-state index contributed by atoms with van der Waals surface area (Å²) < 4.78 is 19.1. The molecule has 4 aromatic rings. The maximum atomic E-state index is 13.9. The predicted octanol–water partition coefficient (Wildman–Crippen LogP) is 5.18. The first kappa shape index (κ1) is 19.8. The molecular weight excluding hydrogens is 401 g/mol. The second-order valence-electron chi connectivity index (χ2n) is 6.45. The molecule has 0 radical (unpaired) electrons. The van der Waals surface area contributed by atoms with Crippen molar-refractivity contribution in [2.24, 2.45) is 0 Å². The van der Waals surface area contributed by atoms with Gasteiger partial charge in [-0.2, -0.15) is 0 Å². The SMILES string of the molecule is COc1cccc(-c2nc(SCC(=O)Nc3ccccc3)c3cc(F)ccc3n2)c1. The summed E-state index contributed by atoms with van der Waals surface area (Å²) >= 11 is 1.24. The van der Waals surface area contributed by atoms with E-state index in [4.69, 9.17) is 4.74 Å². The molecule has 0 aliphatic heterocycles. The lowest BCUT2D eigenvalue weighted by Gasteiger charge is -2.10. The molecule has 1 heterocycles. The van der Waals surface area contributed by atoms with Crippen LogP contribution in [0.1, 0.15) is 0 Å². The molecule has 0 unspecified atom stereocenters. The minimum atomic E-state index is -0.379. The Kier molecular flexibility index (Phi) is 5.90. The number of aromatic nitrogens is 2. The van der Waals surface area contributed by atoms with Gasteiger partial charge in [-0.3, -0.25) is 4.79 Å². The molecule has 7 heteroatoms. The van der Waals surface area contributed by atoms with Crippen molar-refractivity contribution in [3.63, 3.8) is 0 Å². The van der Waals surface area contributed by atoms with Gasteiger partial charge in [0.25, 0.3) is 0 Å². The molecule has 5 nitrogen and oxygen atoms in total. The summed E-state index contributed by atoms with van der Waals surface area (Å²) in [6, 6.07) is 21.0. The minimum Gasteiger partial charge on any atom is -0.497 e. The third kappa shape index (κ3) is 4.58. The summed E-state index contributed by atoms with van der Waals surface area (Å²) in [7, 11) is 1.59. The van der Waals surface area contributed by atoms with Crippen LogP contribution in [0, 0.1) is 5.82 Å². The van der Waals surface area contributed by atoms with Crippen molar-refractivity contribution in [1.29, 1.82) is 0 Å². The van der Waals surface area contributed by atoms with E-state index in [1.807, 2.05) is 54.6 Å². The summed E-state index contributed by atoms with van der Waals surface area (Å²) in [5, 5.41) is 3.95. The predicted molar refractivity (Wildman–Crippen MR) is 117 cm³/mol. The van der Waals surface area contributed by atoms with Crippen LogP contribution < -0.4 is 10.1 Å². The summed E-state index contributed by atoms with van der Waals surface area (Å²) in [5.74, 6) is 0.758. The highest BCUT2D eigenvalue weighted by Crippen LogP contribution is 2.30. The molecule has 1 amide bonds. The molecule has 3 aromatic carbocycles. The Morgan fingerprint density at radius 2 is 1.87 bits per heavy atom. The van der Waals surface area contributed by atoms with Gasteiger partial charge in [0.1, 0.15) is 16.6 Å². The maximum absolute atomic E-state index is 13.9. The van der Waals surface area contributed by atoms with Crippen molar-refractivity contribution in [3.8, 4) is 17.1 Å². The minimum absolute atomic E-state index is 0.134. The number of halogens is 1. The molecule has 0 spiro atoms. The van der Waals surface area contributed by atoms with Crippen LogP contribution in [0.25, 0.3) is 22.3 Å². The number of thioether (sulfide) groups is 1. The zero-order valence-corrected chi connectivity index (χ0v) is 16.9. The highest BCUT2D eigenvalue weighted by molar-refractivity contribution is 8.00. The molecular formula is C23H18FN3O2S. The van der Waals surface area contributed by atoms with Crippen molar-refractivity contribution < 1.29 is 13.9 Å². The lowest BCUT2D eigenvalue weighted by molar-refractivity contribution is -0.113. The maximum Gasteiger partial charge on any atom is 0.234 e. The van der Waals surface area contributed by atoms with E-state index in [0.29, 0.717) is 27.5 Å². The first-order chi connectivity index (χ1) is 14.6. The molecule has 0 saturated carbocycles. The summed E-state index contributed by atoms with van der Waals surface area (Å²) in [6.07, 6.45) is 0. The van der Waals surface area contributed by atoms with Gasteiger partial charge in [-0.05, 0) is 42.5 Å². The second-order valence-corrected chi connectivity index (χ2v) is 7.41. The fourth-order valence-corrected chi connectivity index (χ4v) is 3.74. The first-order valence-electron chi connectivity index (χ1n) is 9.22. The van der Waals surface area contributed by atoms with Crippen molar-refractivity contribution >= 4 is 34.3 Å². The number of methoxy groups -OCH3 is 1. The average Bonchev–Trinajstić information content (AvgIpc) is 2.78. The largest absolute Gasteiger partial charge is 0.497 e. The van der Waals surface area contributed by atoms with E-state index >= 15 is 0 Å². The molecule has 0 fully saturated rings. The van der Waals surface area contributed by atoms with E-state index in [0.717, 1.165) is 11.3 Å². The monoisotopic (exact) mass is 419 g/mol. The molecule has 150 valence electrons. The van der Waals surface area contributed by atoms with Gasteiger partial charge in [-0.1, -0.05) is 42.1 Å². The van der Waals surface area contributed by atoms with Crippen LogP contribution in [-0.2, 0) is 4.79 Å². The zero-order valence-electron chi connectivity index (χ0n) is 16.1. The zero-order chi connectivity index (χ0) is 20.9. The highest BCUT2D eigenvalue weighted by atomic mass is 32.2. The molecule has 0 aliphatic carbocycles. The van der Waals surface area contributed by atoms with Crippen LogP contribution in [-0.4, -0.2) is 28.7 Å². The van der Waals surface area contributed by atoms with Gasteiger partial charge in [0.2, 0.25) is 5.91 Å². The molecule has 0 aliphatic rings. The van der Waals surface area contributed by atoms with E-state index in [1.165, 1.54) is 23.9 Å². The Morgan fingerprint density at radius 1 is 1.03 bits per heavy atom. The molecule has 4 rings (SSSR count). The van der Waals surface area contributed by atoms with Crippen molar-refractivity contribution in [2.75, 3.05) is 18.2 Å². The van der Waals surface area contributed by atoms with E-state index in [9.17, 15) is 9.18 Å². The number of hydrogen-bond acceptors (Lipinski definition) is 5. The fourth-order valence-electron chi connectivity index (χ4n) is 2.93. The summed E-state index contributed by atoms with van der Waals surface area (Å²) in [5.41, 5.74) is 2.10. The van der Waals surface area contributed by atoms with Crippen molar-refractivity contribution in [3.05, 3.63) is 78.6 Å². The van der Waals surface area contributed by atoms with Crippen LogP contribution in [0.15, 0.2) is 77.8 Å². The Balaban J connectivity index is 1.65. The molecule has 0 atom stereocenters. The van der Waals surface area contributed by atoms with E-state index in [2.05, 4.69) is 15.3 Å². The number of carbonyl (C=O) groups excluding carboxylic acids is 1. The fraction of sp³-hybridized carbons (Fsp3) is 0.0870. The van der Waals surface area contributed by atoms with Crippen LogP contribution in [0.3, 0.4) is 0 Å². The average molecular weight is 419 g/mol. The Bertz CT molecular complexity index is 1200. The van der Waals surface area contributed by atoms with Crippen LogP contribution in [0.5, 0.6) is 5.75 Å². The van der Waals surface area contributed by atoms with Gasteiger partial charge in [0, 0.05) is 16.6 Å². The normalized spacial score (nSPS) is 10.7. The number of carbonyl (C=O) groups is 1. The number of hydrogen-bond donors (Lipinski definition) is 1. The van der Waals surface area contributed by atoms with Crippen LogP contribution >= 0.6 is 11.8 Å². The van der Waals surface area contributed by atoms with Crippen molar-refractivity contribution in [1.82, 2.24) is 9.97 Å². The van der Waals surface area contributed by atoms with Crippen LogP contribution in [0.2, 0.25) is 0 Å². The van der Waals surface area contributed by atoms with Gasteiger partial charge in [0.15, 0.2) is 5.82 Å². The quantitative estimate of drug-likeness (QED) is 0.345. The van der Waals surface area contributed by atoms with Gasteiger partial charge in [-0.15, -0.1) is 0 Å². The number of anilines is 1. The number of benzene rings is 3. The van der Waals surface area contributed by atoms with E-state index in [-0.39, 0.29) is 17.5 Å². The Labute approximate surface area is 177 Å². The molecule has 0 bridgehead atoms. The molecule has 1 N–H and O–H groups in total. The lowest BCUT2D eigenvalue weighted by Crippen LogP contribution is -2.14. The van der Waals surface area contributed by atoms with Gasteiger partial charge >= 0.3 is 0 Å². The van der Waals surface area contributed by atoms with E-state index in [1.54, 1.807) is 13.2 Å². The number of rotatable bonds is 6. The number of nitrogens with one attached hydrogen (secondary N) is 1. The topological polar surface area (TPSA) is 64.1 Å². The Hall–Kier alpha value is -3.45. The number of ether oxygens (including phenoxy) is 1. The number of fused-ring (bicyclic) bond motifs is 1. The third-order valence-corrected chi connectivity index (χ3v) is 5.34. The summed E-state index contributed by atoms with van der Waals surface area (Å²) in [4.78, 5) is 21.5. The highest BCUT2D eigenvalue weighted by Gasteiger charge is 2.13. The summed E-state index contributed by atoms with van der Waals surface area (Å²) in [6.45, 7) is 0. The van der Waals surface area contributed by atoms with Gasteiger partial charge < -0.3 is 10.1 Å².